The molecule has 4 aromatic carbocycles. The van der Waals surface area contributed by atoms with Crippen LogP contribution >= 0.6 is 0 Å². The Kier molecular flexibility index (Phi) is 10.7. The summed E-state index contributed by atoms with van der Waals surface area (Å²) in [5, 5.41) is 3.05. The number of benzene rings is 4. The summed E-state index contributed by atoms with van der Waals surface area (Å²) in [6, 6.07) is 30.8. The molecule has 0 heterocycles. The predicted octanol–water partition coefficient (Wildman–Crippen LogP) is 5.75. The number of hydrogen-bond donors (Lipinski definition) is 1. The second kappa shape index (κ2) is 14.4. The lowest BCUT2D eigenvalue weighted by Gasteiger charge is -2.35. The molecule has 1 N–H and O–H groups in total. The van der Waals surface area contributed by atoms with Gasteiger partial charge in [0.1, 0.15) is 18.3 Å². The average Bonchev–Trinajstić information content (AvgIpc) is 3.02. The minimum Gasteiger partial charge on any atom is -0.497 e. The summed E-state index contributed by atoms with van der Waals surface area (Å²) < 4.78 is 34.5. The van der Waals surface area contributed by atoms with Gasteiger partial charge in [0.2, 0.25) is 11.8 Å². The van der Waals surface area contributed by atoms with E-state index >= 15 is 0 Å². The first-order valence-electron chi connectivity index (χ1n) is 14.8. The molecule has 236 valence electrons. The highest BCUT2D eigenvalue weighted by Gasteiger charge is 2.35. The molecule has 9 heteroatoms. The maximum absolute atomic E-state index is 14.5. The van der Waals surface area contributed by atoms with Crippen molar-refractivity contribution in [1.29, 1.82) is 0 Å². The molecule has 0 spiro atoms. The Bertz CT molecular complexity index is 1670. The Morgan fingerprint density at radius 2 is 1.38 bits per heavy atom. The topological polar surface area (TPSA) is 96.0 Å². The normalized spacial score (nSPS) is 12.2. The number of ether oxygens (including phenoxy) is 1. The highest BCUT2D eigenvalue weighted by atomic mass is 32.2. The number of rotatable bonds is 12. The van der Waals surface area contributed by atoms with Gasteiger partial charge >= 0.3 is 0 Å². The zero-order valence-corrected chi connectivity index (χ0v) is 27.3. The summed E-state index contributed by atoms with van der Waals surface area (Å²) >= 11 is 0. The number of amides is 2. The molecule has 0 aliphatic rings. The van der Waals surface area contributed by atoms with Crippen LogP contribution in [0.1, 0.15) is 37.5 Å². The van der Waals surface area contributed by atoms with Crippen molar-refractivity contribution in [3.05, 3.63) is 126 Å². The second-order valence-corrected chi connectivity index (χ2v) is 13.8. The number of anilines is 1. The molecule has 8 nitrogen and oxygen atoms in total. The van der Waals surface area contributed by atoms with Crippen LogP contribution in [0, 0.1) is 6.92 Å². The Hall–Kier alpha value is -4.63. The molecule has 1 unspecified atom stereocenters. The quantitative estimate of drug-likeness (QED) is 0.216. The Morgan fingerprint density at radius 3 is 1.93 bits per heavy atom. The number of aryl methyl sites for hydroxylation is 1. The van der Waals surface area contributed by atoms with Crippen LogP contribution in [0.5, 0.6) is 5.75 Å². The van der Waals surface area contributed by atoms with Crippen LogP contribution in [0.3, 0.4) is 0 Å². The van der Waals surface area contributed by atoms with E-state index in [1.807, 2.05) is 82.3 Å². The van der Waals surface area contributed by atoms with Crippen molar-refractivity contribution in [2.24, 2.45) is 0 Å². The second-order valence-electron chi connectivity index (χ2n) is 12.0. The lowest BCUT2D eigenvalue weighted by atomic mass is 10.0. The van der Waals surface area contributed by atoms with Gasteiger partial charge in [0.25, 0.3) is 10.0 Å². The maximum atomic E-state index is 14.5. The molecular weight excluding hydrogens is 586 g/mol. The van der Waals surface area contributed by atoms with Gasteiger partial charge in [-0.15, -0.1) is 0 Å². The van der Waals surface area contributed by atoms with Crippen molar-refractivity contribution < 1.29 is 22.7 Å². The van der Waals surface area contributed by atoms with Crippen molar-refractivity contribution in [3.8, 4) is 5.75 Å². The molecule has 4 rings (SSSR count). The fourth-order valence-electron chi connectivity index (χ4n) is 4.89. The van der Waals surface area contributed by atoms with Gasteiger partial charge in [-0.3, -0.25) is 13.9 Å². The van der Waals surface area contributed by atoms with Crippen molar-refractivity contribution in [3.63, 3.8) is 0 Å². The van der Waals surface area contributed by atoms with Crippen LogP contribution in [0.15, 0.2) is 114 Å². The van der Waals surface area contributed by atoms with Gasteiger partial charge in [0.05, 0.1) is 17.7 Å². The molecule has 45 heavy (non-hydrogen) atoms. The summed E-state index contributed by atoms with van der Waals surface area (Å²) in [5.41, 5.74) is 2.52. The number of para-hydroxylation sites is 1. The first-order valence-corrected chi connectivity index (χ1v) is 16.2. The summed E-state index contributed by atoms with van der Waals surface area (Å²) in [6.45, 7) is 7.22. The summed E-state index contributed by atoms with van der Waals surface area (Å²) in [5.74, 6) is -0.327. The van der Waals surface area contributed by atoms with E-state index in [1.165, 1.54) is 24.1 Å². The van der Waals surface area contributed by atoms with Crippen molar-refractivity contribution in [1.82, 2.24) is 10.2 Å². The standard InChI is InChI=1S/C36H41N3O5S/c1-27-16-18-29(19-17-27)25-38(33(35(41)37-36(2,3)4)24-28-12-8-6-9-13-28)34(40)26-39(30-14-10-7-11-15-30)45(42,43)32-22-20-31(44-5)21-23-32/h6-23,33H,24-26H2,1-5H3,(H,37,41). The third-order valence-electron chi connectivity index (χ3n) is 7.21. The van der Waals surface area contributed by atoms with Crippen LogP contribution in [-0.2, 0) is 32.6 Å². The van der Waals surface area contributed by atoms with Gasteiger partial charge in [-0.2, -0.15) is 0 Å². The van der Waals surface area contributed by atoms with Crippen LogP contribution in [0.25, 0.3) is 0 Å². The first-order chi connectivity index (χ1) is 21.4. The van der Waals surface area contributed by atoms with E-state index < -0.39 is 34.1 Å². The number of carbonyl (C=O) groups excluding carboxylic acids is 2. The molecule has 0 aliphatic heterocycles. The Labute approximate surface area is 266 Å². The number of sulfonamides is 1. The minimum atomic E-state index is -4.19. The lowest BCUT2D eigenvalue weighted by molar-refractivity contribution is -0.140. The summed E-state index contributed by atoms with van der Waals surface area (Å²) in [7, 11) is -2.69. The molecule has 1 atom stereocenters. The summed E-state index contributed by atoms with van der Waals surface area (Å²) in [4.78, 5) is 29.9. The van der Waals surface area contributed by atoms with Gasteiger partial charge in [0.15, 0.2) is 0 Å². The van der Waals surface area contributed by atoms with Crippen LogP contribution < -0.4 is 14.4 Å². The van der Waals surface area contributed by atoms with E-state index in [0.29, 0.717) is 11.4 Å². The van der Waals surface area contributed by atoms with E-state index in [4.69, 9.17) is 4.74 Å². The third-order valence-corrected chi connectivity index (χ3v) is 9.00. The van der Waals surface area contributed by atoms with Gasteiger partial charge in [0, 0.05) is 18.5 Å². The SMILES string of the molecule is COc1ccc(S(=O)(=O)N(CC(=O)N(Cc2ccc(C)cc2)C(Cc2ccccc2)C(=O)NC(C)(C)C)c2ccccc2)cc1. The smallest absolute Gasteiger partial charge is 0.264 e. The average molecular weight is 628 g/mol. The maximum Gasteiger partial charge on any atom is 0.264 e. The molecule has 0 saturated heterocycles. The van der Waals surface area contributed by atoms with E-state index in [2.05, 4.69) is 5.32 Å². The van der Waals surface area contributed by atoms with Crippen LogP contribution in [0.4, 0.5) is 5.69 Å². The van der Waals surface area contributed by atoms with E-state index in [-0.39, 0.29) is 23.8 Å². The molecule has 0 saturated carbocycles. The van der Waals surface area contributed by atoms with Gasteiger partial charge in [-0.05, 0) is 75.2 Å². The zero-order chi connectivity index (χ0) is 32.6. The zero-order valence-electron chi connectivity index (χ0n) is 26.4. The Balaban J connectivity index is 1.79. The van der Waals surface area contributed by atoms with Crippen molar-refractivity contribution in [2.75, 3.05) is 18.0 Å². The molecule has 0 aromatic heterocycles. The number of carbonyl (C=O) groups is 2. The van der Waals surface area contributed by atoms with Crippen molar-refractivity contribution >= 4 is 27.5 Å². The van der Waals surface area contributed by atoms with Crippen LogP contribution in [0.2, 0.25) is 0 Å². The molecule has 4 aromatic rings. The third kappa shape index (κ3) is 8.95. The molecule has 0 fully saturated rings. The molecule has 0 aliphatic carbocycles. The molecular formula is C36H41N3O5S. The fourth-order valence-corrected chi connectivity index (χ4v) is 6.31. The van der Waals surface area contributed by atoms with E-state index in [9.17, 15) is 18.0 Å². The fraction of sp³-hybridized carbons (Fsp3) is 0.278. The Morgan fingerprint density at radius 1 is 0.800 bits per heavy atom. The van der Waals surface area contributed by atoms with Gasteiger partial charge < -0.3 is 15.0 Å². The summed E-state index contributed by atoms with van der Waals surface area (Å²) in [6.07, 6.45) is 0.247. The number of nitrogens with zero attached hydrogens (tertiary/aromatic N) is 2. The molecule has 0 radical (unpaired) electrons. The van der Waals surface area contributed by atoms with E-state index in [0.717, 1.165) is 21.0 Å². The predicted molar refractivity (Wildman–Crippen MR) is 178 cm³/mol. The first kappa shape index (κ1) is 33.3. The number of hydrogen-bond acceptors (Lipinski definition) is 5. The molecule has 0 bridgehead atoms. The minimum absolute atomic E-state index is 0.0105. The molecule has 2 amide bonds. The highest BCUT2D eigenvalue weighted by Crippen LogP contribution is 2.26. The van der Waals surface area contributed by atoms with E-state index in [1.54, 1.807) is 42.5 Å². The number of nitrogens with one attached hydrogen (secondary N) is 1. The van der Waals surface area contributed by atoms with Gasteiger partial charge in [-0.1, -0.05) is 78.4 Å². The number of methoxy groups -OCH3 is 1. The monoisotopic (exact) mass is 627 g/mol. The van der Waals surface area contributed by atoms with Gasteiger partial charge in [-0.25, -0.2) is 8.42 Å². The lowest BCUT2D eigenvalue weighted by Crippen LogP contribution is -2.56. The van der Waals surface area contributed by atoms with Crippen LogP contribution in [-0.4, -0.2) is 50.4 Å². The van der Waals surface area contributed by atoms with Crippen molar-refractivity contribution in [2.45, 2.75) is 57.1 Å². The highest BCUT2D eigenvalue weighted by molar-refractivity contribution is 7.92. The largest absolute Gasteiger partial charge is 0.497 e.